The van der Waals surface area contributed by atoms with Gasteiger partial charge in [0.25, 0.3) is 0 Å². The van der Waals surface area contributed by atoms with Gasteiger partial charge in [0.2, 0.25) is 0 Å². The normalized spacial score (nSPS) is 13.2. The Hall–Kier alpha value is -1.55. The zero-order chi connectivity index (χ0) is 19.3. The molecular weight excluding hydrogens is 340 g/mol. The van der Waals surface area contributed by atoms with Crippen LogP contribution in [-0.2, 0) is 19.1 Å². The van der Waals surface area contributed by atoms with Crippen LogP contribution in [0.1, 0.15) is 59.4 Å². The molecule has 1 aromatic carbocycles. The molecule has 1 unspecified atom stereocenters. The van der Waals surface area contributed by atoms with Crippen molar-refractivity contribution in [2.45, 2.75) is 53.9 Å². The minimum Gasteiger partial charge on any atom is -0.465 e. The highest BCUT2D eigenvalue weighted by atomic mass is 35.5. The van der Waals surface area contributed by atoms with Crippen molar-refractivity contribution in [3.05, 3.63) is 34.9 Å². The minimum absolute atomic E-state index is 0.0549. The van der Waals surface area contributed by atoms with Crippen LogP contribution in [0.25, 0.3) is 0 Å². The topological polar surface area (TPSA) is 52.6 Å². The van der Waals surface area contributed by atoms with Crippen LogP contribution in [-0.4, -0.2) is 25.2 Å². The van der Waals surface area contributed by atoms with E-state index in [0.29, 0.717) is 17.2 Å². The average molecular weight is 369 g/mol. The summed E-state index contributed by atoms with van der Waals surface area (Å²) in [6.07, 6.45) is -0.0549. The largest absolute Gasteiger partial charge is 0.465 e. The van der Waals surface area contributed by atoms with Crippen LogP contribution in [0.2, 0.25) is 5.02 Å². The molecule has 1 atom stereocenters. The monoisotopic (exact) mass is 368 g/mol. The molecule has 0 amide bonds. The van der Waals surface area contributed by atoms with Gasteiger partial charge in [-0.25, -0.2) is 0 Å². The molecule has 0 saturated carbocycles. The molecule has 25 heavy (non-hydrogen) atoms. The third kappa shape index (κ3) is 8.92. The van der Waals surface area contributed by atoms with E-state index in [2.05, 4.69) is 0 Å². The van der Waals surface area contributed by atoms with Crippen molar-refractivity contribution >= 4 is 23.5 Å². The number of hydrogen-bond acceptors (Lipinski definition) is 4. The number of hydrogen-bond donors (Lipinski definition) is 0. The van der Waals surface area contributed by atoms with Crippen molar-refractivity contribution in [1.82, 2.24) is 0 Å². The quantitative estimate of drug-likeness (QED) is 0.663. The van der Waals surface area contributed by atoms with E-state index < -0.39 is 17.9 Å². The highest BCUT2D eigenvalue weighted by Crippen LogP contribution is 2.26. The SMILES string of the molecule is CC(C)(C)COC(=O)CC(C(=O)OCC(C)(C)C)c1ccc(Cl)cc1. The molecule has 140 valence electrons. The highest BCUT2D eigenvalue weighted by Gasteiger charge is 2.28. The van der Waals surface area contributed by atoms with Crippen LogP contribution in [0, 0.1) is 10.8 Å². The van der Waals surface area contributed by atoms with E-state index in [-0.39, 0.29) is 23.9 Å². The summed E-state index contributed by atoms with van der Waals surface area (Å²) >= 11 is 5.91. The van der Waals surface area contributed by atoms with Gasteiger partial charge in [0, 0.05) is 5.02 Å². The number of carbonyl (C=O) groups excluding carboxylic acids is 2. The molecule has 0 heterocycles. The number of benzene rings is 1. The Bertz CT molecular complexity index is 579. The number of ether oxygens (including phenoxy) is 2. The van der Waals surface area contributed by atoms with E-state index in [9.17, 15) is 9.59 Å². The molecule has 0 radical (unpaired) electrons. The third-order valence-electron chi connectivity index (χ3n) is 3.24. The number of carbonyl (C=O) groups is 2. The molecule has 5 heteroatoms. The third-order valence-corrected chi connectivity index (χ3v) is 3.49. The second-order valence-corrected chi connectivity index (χ2v) is 9.13. The van der Waals surface area contributed by atoms with Crippen LogP contribution in [0.15, 0.2) is 24.3 Å². The van der Waals surface area contributed by atoms with Crippen LogP contribution < -0.4 is 0 Å². The minimum atomic E-state index is -0.702. The lowest BCUT2D eigenvalue weighted by Crippen LogP contribution is -2.26. The van der Waals surface area contributed by atoms with Crippen molar-refractivity contribution in [2.24, 2.45) is 10.8 Å². The molecule has 0 N–H and O–H groups in total. The molecule has 0 aliphatic rings. The van der Waals surface area contributed by atoms with Crippen LogP contribution in [0.3, 0.4) is 0 Å². The van der Waals surface area contributed by atoms with Gasteiger partial charge in [-0.05, 0) is 28.5 Å². The molecule has 0 aliphatic carbocycles. The van der Waals surface area contributed by atoms with E-state index >= 15 is 0 Å². The molecule has 1 aromatic rings. The van der Waals surface area contributed by atoms with Gasteiger partial charge in [0.05, 0.1) is 25.6 Å². The Morgan fingerprint density at radius 1 is 0.920 bits per heavy atom. The fourth-order valence-corrected chi connectivity index (χ4v) is 2.07. The standard InChI is InChI=1S/C20H29ClO4/c1-19(2,3)12-24-17(22)11-16(14-7-9-15(21)10-8-14)18(23)25-13-20(4,5)6/h7-10,16H,11-13H2,1-6H3. The van der Waals surface area contributed by atoms with E-state index in [0.717, 1.165) is 0 Å². The number of rotatable bonds is 6. The average Bonchev–Trinajstić information content (AvgIpc) is 2.48. The van der Waals surface area contributed by atoms with Gasteiger partial charge >= 0.3 is 11.9 Å². The van der Waals surface area contributed by atoms with Gasteiger partial charge < -0.3 is 9.47 Å². The molecule has 0 saturated heterocycles. The van der Waals surface area contributed by atoms with Crippen molar-refractivity contribution in [1.29, 1.82) is 0 Å². The summed E-state index contributed by atoms with van der Waals surface area (Å²) in [7, 11) is 0. The van der Waals surface area contributed by atoms with E-state index in [4.69, 9.17) is 21.1 Å². The fourth-order valence-electron chi connectivity index (χ4n) is 1.94. The summed E-state index contributed by atoms with van der Waals surface area (Å²) < 4.78 is 10.7. The Morgan fingerprint density at radius 3 is 1.88 bits per heavy atom. The van der Waals surface area contributed by atoms with Gasteiger partial charge in [-0.15, -0.1) is 0 Å². The first kappa shape index (κ1) is 21.5. The maximum absolute atomic E-state index is 12.5. The number of esters is 2. The van der Waals surface area contributed by atoms with Crippen molar-refractivity contribution in [2.75, 3.05) is 13.2 Å². The summed E-state index contributed by atoms with van der Waals surface area (Å²) in [4.78, 5) is 24.7. The first-order valence-electron chi connectivity index (χ1n) is 8.45. The van der Waals surface area contributed by atoms with Crippen LogP contribution in [0.5, 0.6) is 0 Å². The Morgan fingerprint density at radius 2 is 1.40 bits per heavy atom. The predicted octanol–water partition coefficient (Wildman–Crippen LogP) is 4.99. The molecular formula is C20H29ClO4. The highest BCUT2D eigenvalue weighted by molar-refractivity contribution is 6.30. The van der Waals surface area contributed by atoms with Crippen molar-refractivity contribution in [3.63, 3.8) is 0 Å². The smallest absolute Gasteiger partial charge is 0.314 e. The lowest BCUT2D eigenvalue weighted by Gasteiger charge is -2.22. The molecule has 0 fully saturated rings. The Balaban J connectivity index is 2.86. The molecule has 0 bridgehead atoms. The molecule has 0 aliphatic heterocycles. The summed E-state index contributed by atoms with van der Waals surface area (Å²) in [6, 6.07) is 6.87. The second kappa shape index (κ2) is 8.70. The van der Waals surface area contributed by atoms with Gasteiger partial charge in [0.1, 0.15) is 0 Å². The lowest BCUT2D eigenvalue weighted by atomic mass is 9.95. The fraction of sp³-hybridized carbons (Fsp3) is 0.600. The first-order valence-corrected chi connectivity index (χ1v) is 8.83. The maximum Gasteiger partial charge on any atom is 0.314 e. The van der Waals surface area contributed by atoms with Crippen LogP contribution in [0.4, 0.5) is 0 Å². The molecule has 0 aromatic heterocycles. The molecule has 1 rings (SSSR count). The van der Waals surface area contributed by atoms with Gasteiger partial charge in [-0.2, -0.15) is 0 Å². The summed E-state index contributed by atoms with van der Waals surface area (Å²) in [6.45, 7) is 12.5. The summed E-state index contributed by atoms with van der Waals surface area (Å²) in [5.74, 6) is -1.54. The van der Waals surface area contributed by atoms with Gasteiger partial charge in [-0.3, -0.25) is 9.59 Å². The zero-order valence-electron chi connectivity index (χ0n) is 16.0. The predicted molar refractivity (Wildman–Crippen MR) is 99.6 cm³/mol. The van der Waals surface area contributed by atoms with Crippen molar-refractivity contribution in [3.8, 4) is 0 Å². The van der Waals surface area contributed by atoms with Gasteiger partial charge in [-0.1, -0.05) is 65.3 Å². The second-order valence-electron chi connectivity index (χ2n) is 8.70. The first-order chi connectivity index (χ1) is 11.4. The Labute approximate surface area is 155 Å². The molecule has 4 nitrogen and oxygen atoms in total. The summed E-state index contributed by atoms with van der Waals surface area (Å²) in [5.41, 5.74) is 0.418. The number of halogens is 1. The van der Waals surface area contributed by atoms with E-state index in [1.807, 2.05) is 41.5 Å². The van der Waals surface area contributed by atoms with E-state index in [1.165, 1.54) is 0 Å². The van der Waals surface area contributed by atoms with Gasteiger partial charge in [0.15, 0.2) is 0 Å². The Kier molecular flexibility index (Phi) is 7.48. The zero-order valence-corrected chi connectivity index (χ0v) is 16.8. The lowest BCUT2D eigenvalue weighted by molar-refractivity contribution is -0.155. The van der Waals surface area contributed by atoms with Crippen LogP contribution >= 0.6 is 11.6 Å². The van der Waals surface area contributed by atoms with E-state index in [1.54, 1.807) is 24.3 Å². The summed E-state index contributed by atoms with van der Waals surface area (Å²) in [5, 5.41) is 0.570. The molecule has 0 spiro atoms. The maximum atomic E-state index is 12.5. The van der Waals surface area contributed by atoms with Crippen molar-refractivity contribution < 1.29 is 19.1 Å².